The lowest BCUT2D eigenvalue weighted by molar-refractivity contribution is 0.0928. The van der Waals surface area contributed by atoms with Crippen LogP contribution in [0.15, 0.2) is 24.3 Å². The highest BCUT2D eigenvalue weighted by Gasteiger charge is 2.39. The zero-order valence-electron chi connectivity index (χ0n) is 14.1. The quantitative estimate of drug-likeness (QED) is 0.661. The second-order valence-corrected chi connectivity index (χ2v) is 6.99. The highest BCUT2D eigenvalue weighted by Crippen LogP contribution is 2.43. The minimum Gasteiger partial charge on any atom is -0.495 e. The van der Waals surface area contributed by atoms with Crippen LogP contribution in [0.25, 0.3) is 0 Å². The maximum atomic E-state index is 12.7. The highest BCUT2D eigenvalue weighted by atomic mass is 35.5. The van der Waals surface area contributed by atoms with E-state index in [-0.39, 0.29) is 5.91 Å². The summed E-state index contributed by atoms with van der Waals surface area (Å²) >= 11 is 17.1. The molecule has 26 heavy (non-hydrogen) atoms. The van der Waals surface area contributed by atoms with Crippen molar-refractivity contribution in [2.45, 2.75) is 4.99 Å². The average Bonchev–Trinajstić information content (AvgIpc) is 2.60. The topological polar surface area (TPSA) is 68.8 Å². The van der Waals surface area contributed by atoms with E-state index in [1.807, 2.05) is 0 Å². The molecule has 0 saturated heterocycles. The molecule has 2 aromatic carbocycles. The molecule has 1 heterocycles. The van der Waals surface area contributed by atoms with Gasteiger partial charge in [0.2, 0.25) is 0 Å². The van der Waals surface area contributed by atoms with Crippen LogP contribution in [0.4, 0.5) is 5.69 Å². The Balaban J connectivity index is 2.11. The number of methoxy groups -OCH3 is 3. The van der Waals surface area contributed by atoms with Crippen molar-refractivity contribution in [3.63, 3.8) is 0 Å². The van der Waals surface area contributed by atoms with Crippen molar-refractivity contribution >= 4 is 47.4 Å². The van der Waals surface area contributed by atoms with Crippen molar-refractivity contribution < 1.29 is 19.0 Å². The normalized spacial score (nSPS) is 18.5. The Bertz CT molecular complexity index is 894. The molecular formula is C17H16Cl2N2O4S. The Morgan fingerprint density at radius 3 is 2.12 bits per heavy atom. The molecule has 0 radical (unpaired) electrons. The fraction of sp³-hybridized carbons (Fsp3) is 0.235. The standard InChI is InChI=1S/C17H16Cl2N2O4S/c1-23-13-5-9(10(18)6-11(13)19)17(26)20-12-7-15(25-3)14(24-2)4-8(12)16(22)21-17/h4-7,20,26H,1-3H3,(H,21,22). The molecule has 0 bridgehead atoms. The maximum absolute atomic E-state index is 12.7. The Hall–Kier alpha value is -1.96. The summed E-state index contributed by atoms with van der Waals surface area (Å²) in [6.45, 7) is 0. The van der Waals surface area contributed by atoms with E-state index in [4.69, 9.17) is 37.4 Å². The first kappa shape index (κ1) is 18.8. The fourth-order valence-electron chi connectivity index (χ4n) is 2.73. The van der Waals surface area contributed by atoms with Gasteiger partial charge in [0.05, 0.1) is 42.6 Å². The van der Waals surface area contributed by atoms with Gasteiger partial charge in [-0.25, -0.2) is 0 Å². The predicted molar refractivity (Wildman–Crippen MR) is 104 cm³/mol. The van der Waals surface area contributed by atoms with Crippen LogP contribution in [-0.2, 0) is 4.99 Å². The SMILES string of the molecule is COc1cc(C2(S)NC(=O)c3cc(OC)c(OC)cc3N2)c(Cl)cc1Cl. The summed E-state index contributed by atoms with van der Waals surface area (Å²) in [6, 6.07) is 6.41. The Morgan fingerprint density at radius 1 is 0.885 bits per heavy atom. The van der Waals surface area contributed by atoms with Crippen LogP contribution in [-0.4, -0.2) is 27.2 Å². The number of amides is 1. The van der Waals surface area contributed by atoms with Crippen molar-refractivity contribution in [2.75, 3.05) is 26.6 Å². The fourth-order valence-corrected chi connectivity index (χ4v) is 3.80. The summed E-state index contributed by atoms with van der Waals surface area (Å²) in [7, 11) is 4.51. The van der Waals surface area contributed by atoms with Gasteiger partial charge in [-0.05, 0) is 18.2 Å². The number of benzene rings is 2. The molecular weight excluding hydrogens is 399 g/mol. The van der Waals surface area contributed by atoms with Gasteiger partial charge in [0.15, 0.2) is 16.5 Å². The molecule has 0 aliphatic carbocycles. The summed E-state index contributed by atoms with van der Waals surface area (Å²) < 4.78 is 15.8. The number of halogens is 2. The first-order valence-corrected chi connectivity index (χ1v) is 8.66. The molecule has 0 fully saturated rings. The largest absolute Gasteiger partial charge is 0.495 e. The molecule has 138 valence electrons. The zero-order chi connectivity index (χ0) is 19.1. The Labute approximate surface area is 166 Å². The highest BCUT2D eigenvalue weighted by molar-refractivity contribution is 7.81. The Kier molecular flexibility index (Phi) is 5.05. The van der Waals surface area contributed by atoms with Gasteiger partial charge in [-0.15, -0.1) is 12.6 Å². The minimum absolute atomic E-state index is 0.322. The molecule has 0 aromatic heterocycles. The number of rotatable bonds is 4. The average molecular weight is 415 g/mol. The van der Waals surface area contributed by atoms with E-state index in [0.717, 1.165) is 0 Å². The van der Waals surface area contributed by atoms with Gasteiger partial charge in [0.1, 0.15) is 5.75 Å². The third-order valence-corrected chi connectivity index (χ3v) is 5.08. The number of hydrogen-bond donors (Lipinski definition) is 3. The molecule has 1 amide bonds. The molecule has 2 N–H and O–H groups in total. The number of anilines is 1. The van der Waals surface area contributed by atoms with Crippen molar-refractivity contribution in [1.82, 2.24) is 5.32 Å². The number of nitrogens with one attached hydrogen (secondary N) is 2. The van der Waals surface area contributed by atoms with E-state index in [2.05, 4.69) is 23.3 Å². The molecule has 1 aliphatic rings. The zero-order valence-corrected chi connectivity index (χ0v) is 16.6. The monoisotopic (exact) mass is 414 g/mol. The molecule has 2 aromatic rings. The third kappa shape index (κ3) is 3.11. The van der Waals surface area contributed by atoms with E-state index in [0.29, 0.717) is 44.1 Å². The second kappa shape index (κ2) is 6.98. The number of carbonyl (C=O) groups is 1. The van der Waals surface area contributed by atoms with Gasteiger partial charge in [0.25, 0.3) is 5.91 Å². The molecule has 1 unspecified atom stereocenters. The van der Waals surface area contributed by atoms with Gasteiger partial charge < -0.3 is 24.8 Å². The lowest BCUT2D eigenvalue weighted by atomic mass is 10.0. The minimum atomic E-state index is -1.28. The number of fused-ring (bicyclic) bond motifs is 1. The summed E-state index contributed by atoms with van der Waals surface area (Å²) in [5.74, 6) is 0.985. The summed E-state index contributed by atoms with van der Waals surface area (Å²) in [4.78, 5) is 11.4. The first-order chi connectivity index (χ1) is 12.3. The third-order valence-electron chi connectivity index (χ3n) is 4.01. The van der Waals surface area contributed by atoms with Crippen molar-refractivity contribution in [3.8, 4) is 17.2 Å². The first-order valence-electron chi connectivity index (χ1n) is 7.45. The second-order valence-electron chi connectivity index (χ2n) is 5.51. The molecule has 1 aliphatic heterocycles. The van der Waals surface area contributed by atoms with Gasteiger partial charge in [0, 0.05) is 11.6 Å². The molecule has 1 atom stereocenters. The van der Waals surface area contributed by atoms with E-state index in [1.165, 1.54) is 27.4 Å². The van der Waals surface area contributed by atoms with Crippen LogP contribution < -0.4 is 24.8 Å². The van der Waals surface area contributed by atoms with Crippen LogP contribution in [0.2, 0.25) is 10.0 Å². The maximum Gasteiger partial charge on any atom is 0.256 e. The molecule has 0 saturated carbocycles. The van der Waals surface area contributed by atoms with Crippen LogP contribution in [0.1, 0.15) is 15.9 Å². The van der Waals surface area contributed by atoms with Crippen molar-refractivity contribution in [3.05, 3.63) is 45.4 Å². The molecule has 3 rings (SSSR count). The van der Waals surface area contributed by atoms with Crippen molar-refractivity contribution in [2.24, 2.45) is 0 Å². The molecule has 9 heteroatoms. The summed E-state index contributed by atoms with van der Waals surface area (Å²) in [6.07, 6.45) is 0. The van der Waals surface area contributed by atoms with E-state index in [1.54, 1.807) is 18.2 Å². The van der Waals surface area contributed by atoms with Crippen LogP contribution in [0, 0.1) is 0 Å². The number of hydrogen-bond acceptors (Lipinski definition) is 6. The van der Waals surface area contributed by atoms with E-state index < -0.39 is 4.99 Å². The van der Waals surface area contributed by atoms with Gasteiger partial charge >= 0.3 is 0 Å². The smallest absolute Gasteiger partial charge is 0.256 e. The number of thiol groups is 1. The summed E-state index contributed by atoms with van der Waals surface area (Å²) in [5.41, 5.74) is 1.40. The van der Waals surface area contributed by atoms with E-state index >= 15 is 0 Å². The number of carbonyl (C=O) groups excluding carboxylic acids is 1. The Morgan fingerprint density at radius 2 is 1.50 bits per heavy atom. The van der Waals surface area contributed by atoms with Crippen LogP contribution >= 0.6 is 35.8 Å². The number of ether oxygens (including phenoxy) is 3. The van der Waals surface area contributed by atoms with E-state index in [9.17, 15) is 4.79 Å². The van der Waals surface area contributed by atoms with Crippen LogP contribution in [0.5, 0.6) is 17.2 Å². The summed E-state index contributed by atoms with van der Waals surface area (Å²) in [5, 5.41) is 6.65. The van der Waals surface area contributed by atoms with Crippen molar-refractivity contribution in [1.29, 1.82) is 0 Å². The van der Waals surface area contributed by atoms with Gasteiger partial charge in [-0.2, -0.15) is 0 Å². The lowest BCUT2D eigenvalue weighted by Gasteiger charge is -2.37. The lowest BCUT2D eigenvalue weighted by Crippen LogP contribution is -2.51. The van der Waals surface area contributed by atoms with Gasteiger partial charge in [-0.3, -0.25) is 4.79 Å². The molecule has 6 nitrogen and oxygen atoms in total. The molecule has 0 spiro atoms. The predicted octanol–water partition coefficient (Wildman–Crippen LogP) is 3.91. The van der Waals surface area contributed by atoms with Crippen LogP contribution in [0.3, 0.4) is 0 Å². The van der Waals surface area contributed by atoms with Gasteiger partial charge in [-0.1, -0.05) is 23.2 Å².